The van der Waals surface area contributed by atoms with Crippen molar-refractivity contribution in [1.29, 1.82) is 0 Å². The Balaban J connectivity index is 2.68. The molecule has 0 aromatic carbocycles. The summed E-state index contributed by atoms with van der Waals surface area (Å²) in [5, 5.41) is 3.12. The number of alkyl halides is 1. The Kier molecular flexibility index (Phi) is 3.71. The zero-order valence-corrected chi connectivity index (χ0v) is 9.73. The molecule has 0 atom stereocenters. The van der Waals surface area contributed by atoms with E-state index in [1.807, 2.05) is 0 Å². The molecule has 15 heavy (non-hydrogen) atoms. The fourth-order valence-corrected chi connectivity index (χ4v) is 1.68. The van der Waals surface area contributed by atoms with Crippen molar-refractivity contribution in [2.75, 3.05) is 19.8 Å². The Hall–Kier alpha value is -0.640. The maximum Gasteiger partial charge on any atom is 0.315 e. The molecule has 1 rings (SSSR count). The number of hydrogen-bond acceptors (Lipinski definition) is 3. The van der Waals surface area contributed by atoms with E-state index < -0.39 is 17.7 Å². The van der Waals surface area contributed by atoms with Gasteiger partial charge in [-0.3, -0.25) is 4.79 Å². The summed E-state index contributed by atoms with van der Waals surface area (Å²) >= 11 is 0. The lowest BCUT2D eigenvalue weighted by Gasteiger charge is -2.35. The predicted octanol–water partition coefficient (Wildman–Crippen LogP) is 1.67. The first-order valence-corrected chi connectivity index (χ1v) is 5.40. The predicted molar refractivity (Wildman–Crippen MR) is 56.4 cm³/mol. The molecule has 0 unspecified atom stereocenters. The fraction of sp³-hybridized carbons (Fsp3) is 0.909. The number of piperidine rings is 1. The Morgan fingerprint density at radius 1 is 1.40 bits per heavy atom. The quantitative estimate of drug-likeness (QED) is 0.715. The molecule has 0 amide bonds. The molecule has 1 N–H and O–H groups in total. The Bertz CT molecular complexity index is 229. The maximum absolute atomic E-state index is 13.0. The van der Waals surface area contributed by atoms with E-state index >= 15 is 0 Å². The summed E-state index contributed by atoms with van der Waals surface area (Å²) in [6, 6.07) is 0. The molecule has 0 aromatic heterocycles. The van der Waals surface area contributed by atoms with Crippen LogP contribution >= 0.6 is 0 Å². The van der Waals surface area contributed by atoms with Crippen molar-refractivity contribution in [1.82, 2.24) is 5.32 Å². The molecule has 4 heteroatoms. The van der Waals surface area contributed by atoms with Crippen molar-refractivity contribution in [3.8, 4) is 0 Å². The molecule has 1 fully saturated rings. The third-order valence-corrected chi connectivity index (χ3v) is 2.65. The summed E-state index contributed by atoms with van der Waals surface area (Å²) in [5.41, 5.74) is -1.44. The van der Waals surface area contributed by atoms with Crippen LogP contribution in [0, 0.1) is 5.41 Å². The smallest absolute Gasteiger partial charge is 0.315 e. The molecule has 0 saturated carbocycles. The number of ether oxygens (including phenoxy) is 1. The highest BCUT2D eigenvalue weighted by Crippen LogP contribution is 2.32. The van der Waals surface area contributed by atoms with Crippen molar-refractivity contribution in [2.45, 2.75) is 39.2 Å². The van der Waals surface area contributed by atoms with Crippen LogP contribution in [-0.4, -0.2) is 31.3 Å². The van der Waals surface area contributed by atoms with Crippen LogP contribution < -0.4 is 5.32 Å². The number of hydrogen-bond donors (Lipinski definition) is 1. The molecule has 88 valence electrons. The van der Waals surface area contributed by atoms with E-state index in [9.17, 15) is 9.18 Å². The first-order valence-electron chi connectivity index (χ1n) is 5.40. The largest absolute Gasteiger partial charge is 0.459 e. The first-order chi connectivity index (χ1) is 6.90. The fourth-order valence-electron chi connectivity index (χ4n) is 1.68. The van der Waals surface area contributed by atoms with E-state index in [-0.39, 0.29) is 5.97 Å². The minimum atomic E-state index is -0.904. The van der Waals surface area contributed by atoms with E-state index in [4.69, 9.17) is 4.74 Å². The first kappa shape index (κ1) is 12.4. The van der Waals surface area contributed by atoms with Gasteiger partial charge in [0.15, 0.2) is 0 Å². The zero-order valence-electron chi connectivity index (χ0n) is 9.73. The van der Waals surface area contributed by atoms with E-state index in [1.54, 1.807) is 20.8 Å². The second-order valence-electron chi connectivity index (χ2n) is 5.17. The number of halogens is 1. The third-order valence-electron chi connectivity index (χ3n) is 2.65. The molecule has 0 radical (unpaired) electrons. The molecular formula is C11H20FNO2. The van der Waals surface area contributed by atoms with Crippen LogP contribution in [0.25, 0.3) is 0 Å². The van der Waals surface area contributed by atoms with Gasteiger partial charge in [0, 0.05) is 0 Å². The topological polar surface area (TPSA) is 38.3 Å². The van der Waals surface area contributed by atoms with Crippen molar-refractivity contribution < 1.29 is 13.9 Å². The number of carbonyl (C=O) groups excluding carboxylic acids is 1. The van der Waals surface area contributed by atoms with Gasteiger partial charge in [0.2, 0.25) is 0 Å². The van der Waals surface area contributed by atoms with Crippen LogP contribution in [-0.2, 0) is 9.53 Å². The standard InChI is InChI=1S/C11H20FNO2/c1-10(2,3)15-9(14)11(8-12)4-6-13-7-5-11/h13H,4-8H2,1-3H3. The van der Waals surface area contributed by atoms with Gasteiger partial charge < -0.3 is 10.1 Å². The van der Waals surface area contributed by atoms with Gasteiger partial charge in [0.05, 0.1) is 5.41 Å². The van der Waals surface area contributed by atoms with Crippen LogP contribution in [0.2, 0.25) is 0 Å². The highest BCUT2D eigenvalue weighted by molar-refractivity contribution is 5.77. The van der Waals surface area contributed by atoms with Crippen LogP contribution in [0.3, 0.4) is 0 Å². The molecule has 1 aliphatic rings. The summed E-state index contributed by atoms with van der Waals surface area (Å²) in [6.07, 6.45) is 1.05. The number of nitrogens with one attached hydrogen (secondary N) is 1. The Labute approximate surface area is 90.4 Å². The normalized spacial score (nSPS) is 21.1. The molecular weight excluding hydrogens is 197 g/mol. The summed E-state index contributed by atoms with van der Waals surface area (Å²) < 4.78 is 18.3. The molecule has 0 spiro atoms. The monoisotopic (exact) mass is 217 g/mol. The van der Waals surface area contributed by atoms with Gasteiger partial charge >= 0.3 is 5.97 Å². The summed E-state index contributed by atoms with van der Waals surface area (Å²) in [7, 11) is 0. The van der Waals surface area contributed by atoms with E-state index in [1.165, 1.54) is 0 Å². The Morgan fingerprint density at radius 3 is 2.33 bits per heavy atom. The highest BCUT2D eigenvalue weighted by atomic mass is 19.1. The molecule has 1 aliphatic heterocycles. The van der Waals surface area contributed by atoms with Gasteiger partial charge in [-0.15, -0.1) is 0 Å². The third kappa shape index (κ3) is 3.16. The maximum atomic E-state index is 13.0. The van der Waals surface area contributed by atoms with Gasteiger partial charge in [0.1, 0.15) is 12.3 Å². The minimum Gasteiger partial charge on any atom is -0.459 e. The second-order valence-corrected chi connectivity index (χ2v) is 5.17. The molecule has 3 nitrogen and oxygen atoms in total. The SMILES string of the molecule is CC(C)(C)OC(=O)C1(CF)CCNCC1. The number of carbonyl (C=O) groups is 1. The molecule has 0 aliphatic carbocycles. The highest BCUT2D eigenvalue weighted by Gasteiger charge is 2.42. The molecule has 0 aromatic rings. The van der Waals surface area contributed by atoms with Gasteiger partial charge in [0.25, 0.3) is 0 Å². The Morgan fingerprint density at radius 2 is 1.93 bits per heavy atom. The van der Waals surface area contributed by atoms with E-state index in [0.29, 0.717) is 25.9 Å². The van der Waals surface area contributed by atoms with Crippen LogP contribution in [0.15, 0.2) is 0 Å². The van der Waals surface area contributed by atoms with Gasteiger partial charge in [-0.1, -0.05) is 0 Å². The van der Waals surface area contributed by atoms with Crippen molar-refractivity contribution in [2.24, 2.45) is 5.41 Å². The molecule has 1 heterocycles. The van der Waals surface area contributed by atoms with Gasteiger partial charge in [-0.2, -0.15) is 0 Å². The second kappa shape index (κ2) is 4.47. The summed E-state index contributed by atoms with van der Waals surface area (Å²) in [6.45, 7) is 6.16. The summed E-state index contributed by atoms with van der Waals surface area (Å²) in [4.78, 5) is 11.9. The van der Waals surface area contributed by atoms with Crippen LogP contribution in [0.5, 0.6) is 0 Å². The summed E-state index contributed by atoms with van der Waals surface area (Å²) in [5.74, 6) is -0.390. The lowest BCUT2D eigenvalue weighted by Crippen LogP contribution is -2.46. The van der Waals surface area contributed by atoms with E-state index in [0.717, 1.165) is 0 Å². The minimum absolute atomic E-state index is 0.390. The average Bonchev–Trinajstić information content (AvgIpc) is 2.16. The van der Waals surface area contributed by atoms with Gasteiger partial charge in [-0.25, -0.2) is 4.39 Å². The zero-order chi connectivity index (χ0) is 11.5. The van der Waals surface area contributed by atoms with Crippen LogP contribution in [0.4, 0.5) is 4.39 Å². The number of rotatable bonds is 2. The average molecular weight is 217 g/mol. The lowest BCUT2D eigenvalue weighted by molar-refractivity contribution is -0.170. The molecule has 0 bridgehead atoms. The van der Waals surface area contributed by atoms with Crippen molar-refractivity contribution in [3.63, 3.8) is 0 Å². The van der Waals surface area contributed by atoms with E-state index in [2.05, 4.69) is 5.32 Å². The number of esters is 1. The van der Waals surface area contributed by atoms with Crippen molar-refractivity contribution in [3.05, 3.63) is 0 Å². The van der Waals surface area contributed by atoms with Crippen molar-refractivity contribution >= 4 is 5.97 Å². The lowest BCUT2D eigenvalue weighted by atomic mass is 9.80. The van der Waals surface area contributed by atoms with Crippen LogP contribution in [0.1, 0.15) is 33.6 Å². The molecule has 1 saturated heterocycles. The van der Waals surface area contributed by atoms with Gasteiger partial charge in [-0.05, 0) is 46.7 Å².